The van der Waals surface area contributed by atoms with E-state index >= 15 is 0 Å². The molecular formula is C22H19F4N5O2. The van der Waals surface area contributed by atoms with Gasteiger partial charge >= 0.3 is 6.18 Å². The topological polar surface area (TPSA) is 91.0 Å². The minimum Gasteiger partial charge on any atom is -0.328 e. The maximum absolute atomic E-state index is 13.7. The number of likely N-dealkylation sites (tertiary alicyclic amines) is 1. The van der Waals surface area contributed by atoms with Crippen LogP contribution in [0.5, 0.6) is 0 Å². The zero-order chi connectivity index (χ0) is 23.6. The summed E-state index contributed by atoms with van der Waals surface area (Å²) in [7, 11) is 0. The average Bonchev–Trinajstić information content (AvgIpc) is 3.21. The van der Waals surface area contributed by atoms with Gasteiger partial charge < -0.3 is 10.3 Å². The van der Waals surface area contributed by atoms with Crippen LogP contribution in [-0.4, -0.2) is 39.1 Å². The molecule has 1 aromatic carbocycles. The summed E-state index contributed by atoms with van der Waals surface area (Å²) >= 11 is 0. The molecule has 2 aromatic heterocycles. The summed E-state index contributed by atoms with van der Waals surface area (Å²) < 4.78 is 52.7. The van der Waals surface area contributed by atoms with Crippen molar-refractivity contribution in [2.75, 3.05) is 18.4 Å². The zero-order valence-electron chi connectivity index (χ0n) is 17.2. The largest absolute Gasteiger partial charge is 0.416 e. The zero-order valence-corrected chi connectivity index (χ0v) is 17.2. The van der Waals surface area contributed by atoms with Crippen LogP contribution >= 0.6 is 0 Å². The third-order valence-electron chi connectivity index (χ3n) is 5.47. The highest BCUT2D eigenvalue weighted by molar-refractivity contribution is 6.05. The number of hydrogen-bond acceptors (Lipinski definition) is 5. The van der Waals surface area contributed by atoms with E-state index in [1.54, 1.807) is 6.07 Å². The van der Waals surface area contributed by atoms with E-state index in [1.807, 2.05) is 4.90 Å². The molecule has 0 saturated carbocycles. The van der Waals surface area contributed by atoms with Crippen molar-refractivity contribution in [3.63, 3.8) is 0 Å². The molecular weight excluding hydrogens is 442 g/mol. The molecule has 172 valence electrons. The number of alkyl halides is 3. The van der Waals surface area contributed by atoms with Crippen LogP contribution in [0.1, 0.15) is 39.4 Å². The number of anilines is 1. The first kappa shape index (κ1) is 22.6. The molecule has 0 radical (unpaired) electrons. The fourth-order valence-electron chi connectivity index (χ4n) is 4.02. The monoisotopic (exact) mass is 461 g/mol. The number of aromatic nitrogens is 3. The molecule has 4 rings (SSSR count). The van der Waals surface area contributed by atoms with Gasteiger partial charge in [-0.1, -0.05) is 0 Å². The Morgan fingerprint density at radius 3 is 2.76 bits per heavy atom. The number of benzene rings is 1. The van der Waals surface area contributed by atoms with Gasteiger partial charge in [0.2, 0.25) is 0 Å². The van der Waals surface area contributed by atoms with Crippen LogP contribution in [0.4, 0.5) is 23.2 Å². The van der Waals surface area contributed by atoms with Crippen molar-refractivity contribution in [1.29, 1.82) is 0 Å². The van der Waals surface area contributed by atoms with Gasteiger partial charge in [0.15, 0.2) is 0 Å². The highest BCUT2D eigenvalue weighted by atomic mass is 19.4. The van der Waals surface area contributed by atoms with Crippen LogP contribution in [-0.2, 0) is 12.7 Å². The van der Waals surface area contributed by atoms with E-state index in [2.05, 4.69) is 20.5 Å². The van der Waals surface area contributed by atoms with E-state index < -0.39 is 29.0 Å². The number of carbonyl (C=O) groups excluding carboxylic acids is 1. The maximum atomic E-state index is 13.7. The molecule has 3 aromatic rings. The highest BCUT2D eigenvalue weighted by Crippen LogP contribution is 2.33. The van der Waals surface area contributed by atoms with Crippen LogP contribution in [0.15, 0.2) is 53.7 Å². The first-order valence-electron chi connectivity index (χ1n) is 10.1. The van der Waals surface area contributed by atoms with E-state index in [4.69, 9.17) is 0 Å². The Hall–Kier alpha value is -3.60. The number of carbonyl (C=O) groups is 1. The van der Waals surface area contributed by atoms with Crippen molar-refractivity contribution in [2.45, 2.75) is 25.1 Å². The van der Waals surface area contributed by atoms with Crippen molar-refractivity contribution in [2.24, 2.45) is 0 Å². The normalized spacial score (nSPS) is 16.7. The molecule has 1 unspecified atom stereocenters. The molecule has 33 heavy (non-hydrogen) atoms. The number of hydrogen-bond donors (Lipinski definition) is 2. The lowest BCUT2D eigenvalue weighted by atomic mass is 9.94. The predicted molar refractivity (Wildman–Crippen MR) is 111 cm³/mol. The van der Waals surface area contributed by atoms with Crippen LogP contribution in [0.3, 0.4) is 0 Å². The van der Waals surface area contributed by atoms with Crippen LogP contribution in [0.25, 0.3) is 0 Å². The van der Waals surface area contributed by atoms with Gasteiger partial charge in [-0.2, -0.15) is 23.4 Å². The number of aromatic amines is 1. The highest BCUT2D eigenvalue weighted by Gasteiger charge is 2.32. The summed E-state index contributed by atoms with van der Waals surface area (Å²) in [5.74, 6) is -1.74. The van der Waals surface area contributed by atoms with Gasteiger partial charge in [0.1, 0.15) is 11.4 Å². The van der Waals surface area contributed by atoms with E-state index in [0.29, 0.717) is 36.8 Å². The van der Waals surface area contributed by atoms with Gasteiger partial charge in [-0.15, -0.1) is 0 Å². The van der Waals surface area contributed by atoms with Crippen LogP contribution in [0.2, 0.25) is 0 Å². The second-order valence-electron chi connectivity index (χ2n) is 7.79. The van der Waals surface area contributed by atoms with Crippen LogP contribution in [0, 0.1) is 5.82 Å². The van der Waals surface area contributed by atoms with Crippen molar-refractivity contribution in [1.82, 2.24) is 20.1 Å². The van der Waals surface area contributed by atoms with Gasteiger partial charge in [0, 0.05) is 19.3 Å². The second kappa shape index (κ2) is 9.10. The van der Waals surface area contributed by atoms with Gasteiger partial charge in [0.05, 0.1) is 23.6 Å². The number of nitrogens with zero attached hydrogens (tertiary/aromatic N) is 3. The molecule has 11 heteroatoms. The Morgan fingerprint density at radius 1 is 1.21 bits per heavy atom. The molecule has 0 spiro atoms. The summed E-state index contributed by atoms with van der Waals surface area (Å²) in [6, 6.07) is 5.67. The van der Waals surface area contributed by atoms with Gasteiger partial charge in [0.25, 0.3) is 11.5 Å². The minimum absolute atomic E-state index is 0.0359. The Labute approximate surface area is 185 Å². The molecule has 1 atom stereocenters. The molecule has 1 fully saturated rings. The van der Waals surface area contributed by atoms with Crippen LogP contribution < -0.4 is 10.9 Å². The first-order valence-corrected chi connectivity index (χ1v) is 10.1. The standard InChI is InChI=1S/C22H19F4N5O2/c23-16-8-13(7-15(9-16)22(24,25)26)11-31-6-3-14(12-31)18-2-4-27-20(32)19(18)21(33)30-17-1-5-28-29-10-17/h1-2,4-5,7-10,14H,3,6,11-12H2,(H,27,32)(H,28,30,33). The van der Waals surface area contributed by atoms with E-state index in [0.717, 1.165) is 12.1 Å². The van der Waals surface area contributed by atoms with E-state index in [9.17, 15) is 27.2 Å². The smallest absolute Gasteiger partial charge is 0.328 e. The summed E-state index contributed by atoms with van der Waals surface area (Å²) in [6.45, 7) is 1.04. The minimum atomic E-state index is -4.64. The maximum Gasteiger partial charge on any atom is 0.416 e. The lowest BCUT2D eigenvalue weighted by Crippen LogP contribution is -2.27. The average molecular weight is 461 g/mol. The van der Waals surface area contributed by atoms with Crippen molar-refractivity contribution in [3.8, 4) is 0 Å². The Bertz CT molecular complexity index is 1210. The third kappa shape index (κ3) is 5.25. The summed E-state index contributed by atoms with van der Waals surface area (Å²) in [6.07, 6.45) is 0.148. The molecule has 1 aliphatic rings. The third-order valence-corrected chi connectivity index (χ3v) is 5.47. The number of H-pyrrole nitrogens is 1. The number of halogens is 4. The van der Waals surface area contributed by atoms with Crippen molar-refractivity contribution < 1.29 is 22.4 Å². The molecule has 1 amide bonds. The lowest BCUT2D eigenvalue weighted by molar-refractivity contribution is -0.137. The molecule has 2 N–H and O–H groups in total. The number of pyridine rings is 1. The molecule has 0 aliphatic carbocycles. The quantitative estimate of drug-likeness (QED) is 0.567. The van der Waals surface area contributed by atoms with Crippen molar-refractivity contribution >= 4 is 11.6 Å². The Morgan fingerprint density at radius 2 is 2.03 bits per heavy atom. The summed E-state index contributed by atoms with van der Waals surface area (Å²) in [5, 5.41) is 9.92. The fraction of sp³-hybridized carbons (Fsp3) is 0.273. The Balaban J connectivity index is 1.52. The fourth-order valence-corrected chi connectivity index (χ4v) is 4.02. The predicted octanol–water partition coefficient (Wildman–Crippen LogP) is 3.56. The summed E-state index contributed by atoms with van der Waals surface area (Å²) in [4.78, 5) is 29.6. The molecule has 7 nitrogen and oxygen atoms in total. The Kier molecular flexibility index (Phi) is 6.23. The molecule has 1 saturated heterocycles. The number of nitrogens with one attached hydrogen (secondary N) is 2. The second-order valence-corrected chi connectivity index (χ2v) is 7.79. The van der Waals surface area contributed by atoms with Crippen molar-refractivity contribution in [3.05, 3.63) is 87.3 Å². The lowest BCUT2D eigenvalue weighted by Gasteiger charge is -2.18. The van der Waals surface area contributed by atoms with E-state index in [-0.39, 0.29) is 23.6 Å². The van der Waals surface area contributed by atoms with E-state index in [1.165, 1.54) is 24.7 Å². The molecule has 1 aliphatic heterocycles. The molecule has 0 bridgehead atoms. The number of amides is 1. The van der Waals surface area contributed by atoms with Gasteiger partial charge in [-0.05, 0) is 60.3 Å². The first-order chi connectivity index (χ1) is 15.7. The van der Waals surface area contributed by atoms with Gasteiger partial charge in [-0.3, -0.25) is 14.5 Å². The number of rotatable bonds is 5. The van der Waals surface area contributed by atoms with Gasteiger partial charge in [-0.25, -0.2) is 4.39 Å². The summed E-state index contributed by atoms with van der Waals surface area (Å²) in [5.41, 5.74) is -0.499. The molecule has 3 heterocycles. The SMILES string of the molecule is O=C(Nc1ccnnc1)c1c(C2CCN(Cc3cc(F)cc(C(F)(F)F)c3)C2)cc[nH]c1=O.